The van der Waals surface area contributed by atoms with E-state index in [-0.39, 0.29) is 12.5 Å². The van der Waals surface area contributed by atoms with Gasteiger partial charge >= 0.3 is 0 Å². The lowest BCUT2D eigenvalue weighted by molar-refractivity contribution is -0.123. The fourth-order valence-corrected chi connectivity index (χ4v) is 2.17. The van der Waals surface area contributed by atoms with Gasteiger partial charge in [-0.15, -0.1) is 0 Å². The van der Waals surface area contributed by atoms with Crippen molar-refractivity contribution in [3.05, 3.63) is 63.1 Å². The molecule has 0 heterocycles. The van der Waals surface area contributed by atoms with E-state index in [4.69, 9.17) is 16.3 Å². The molecule has 0 aliphatic rings. The average Bonchev–Trinajstić information content (AvgIpc) is 2.48. The normalized spacial score (nSPS) is 10.7. The van der Waals surface area contributed by atoms with Crippen molar-refractivity contribution in [1.29, 1.82) is 0 Å². The van der Waals surface area contributed by atoms with E-state index < -0.39 is 0 Å². The largest absolute Gasteiger partial charge is 0.483 e. The van der Waals surface area contributed by atoms with E-state index >= 15 is 0 Å². The summed E-state index contributed by atoms with van der Waals surface area (Å²) in [5.74, 6) is 0.291. The molecule has 0 unspecified atom stereocenters. The smallest absolute Gasteiger partial charge is 0.277 e. The number of hydrogen-bond donors (Lipinski definition) is 1. The number of rotatable bonds is 5. The molecule has 22 heavy (non-hydrogen) atoms. The first-order chi connectivity index (χ1) is 10.5. The maximum Gasteiger partial charge on any atom is 0.277 e. The second-order valence-electron chi connectivity index (χ2n) is 4.54. The van der Waals surface area contributed by atoms with E-state index in [9.17, 15) is 4.79 Å². The van der Waals surface area contributed by atoms with Crippen LogP contribution in [0.1, 0.15) is 11.1 Å². The SMILES string of the molecule is Cc1cc(Cl)ccc1OCC(=O)NN=Cc1ccc(Br)cc1. The number of carbonyl (C=O) groups is 1. The minimum absolute atomic E-state index is 0.111. The summed E-state index contributed by atoms with van der Waals surface area (Å²) >= 11 is 9.21. The van der Waals surface area contributed by atoms with Gasteiger partial charge in [0.05, 0.1) is 6.21 Å². The highest BCUT2D eigenvalue weighted by molar-refractivity contribution is 9.10. The number of carbonyl (C=O) groups excluding carboxylic acids is 1. The summed E-state index contributed by atoms with van der Waals surface area (Å²) in [5.41, 5.74) is 4.18. The van der Waals surface area contributed by atoms with Gasteiger partial charge in [0, 0.05) is 9.50 Å². The third-order valence-corrected chi connectivity index (χ3v) is 3.53. The van der Waals surface area contributed by atoms with E-state index in [0.717, 1.165) is 15.6 Å². The van der Waals surface area contributed by atoms with Crippen LogP contribution in [0.4, 0.5) is 0 Å². The lowest BCUT2D eigenvalue weighted by atomic mass is 10.2. The standard InChI is InChI=1S/C16H14BrClN2O2/c1-11-8-14(18)6-7-15(11)22-10-16(21)20-19-9-12-2-4-13(17)5-3-12/h2-9H,10H2,1H3,(H,20,21). The van der Waals surface area contributed by atoms with Gasteiger partial charge in [-0.05, 0) is 48.4 Å². The Morgan fingerprint density at radius 2 is 2.05 bits per heavy atom. The monoisotopic (exact) mass is 380 g/mol. The van der Waals surface area contributed by atoms with Crippen LogP contribution in [0.25, 0.3) is 0 Å². The molecule has 0 atom stereocenters. The third-order valence-electron chi connectivity index (χ3n) is 2.77. The van der Waals surface area contributed by atoms with Gasteiger partial charge in [-0.1, -0.05) is 39.7 Å². The predicted molar refractivity (Wildman–Crippen MR) is 91.6 cm³/mol. The molecular weight excluding hydrogens is 368 g/mol. The van der Waals surface area contributed by atoms with Crippen molar-refractivity contribution in [2.45, 2.75) is 6.92 Å². The molecule has 4 nitrogen and oxygen atoms in total. The van der Waals surface area contributed by atoms with Crippen molar-refractivity contribution in [3.63, 3.8) is 0 Å². The molecule has 2 aromatic carbocycles. The molecule has 0 bridgehead atoms. The summed E-state index contributed by atoms with van der Waals surface area (Å²) in [6.45, 7) is 1.75. The average molecular weight is 382 g/mol. The molecule has 0 radical (unpaired) electrons. The molecule has 0 spiro atoms. The van der Waals surface area contributed by atoms with Crippen LogP contribution in [0.3, 0.4) is 0 Å². The molecule has 2 rings (SSSR count). The Kier molecular flexibility index (Phi) is 5.98. The highest BCUT2D eigenvalue weighted by Gasteiger charge is 2.04. The summed E-state index contributed by atoms with van der Waals surface area (Å²) in [4.78, 5) is 11.7. The fraction of sp³-hybridized carbons (Fsp3) is 0.125. The Bertz CT molecular complexity index is 687. The second kappa shape index (κ2) is 7.96. The highest BCUT2D eigenvalue weighted by Crippen LogP contribution is 2.21. The van der Waals surface area contributed by atoms with E-state index in [2.05, 4.69) is 26.5 Å². The zero-order valence-corrected chi connectivity index (χ0v) is 14.2. The zero-order chi connectivity index (χ0) is 15.9. The molecular formula is C16H14BrClN2O2. The first-order valence-corrected chi connectivity index (χ1v) is 7.68. The molecule has 114 valence electrons. The number of nitrogens with zero attached hydrogens (tertiary/aromatic N) is 1. The quantitative estimate of drug-likeness (QED) is 0.630. The van der Waals surface area contributed by atoms with Gasteiger partial charge in [-0.2, -0.15) is 5.10 Å². The number of hydrazone groups is 1. The van der Waals surface area contributed by atoms with Gasteiger partial charge < -0.3 is 4.74 Å². The van der Waals surface area contributed by atoms with E-state index in [1.807, 2.05) is 31.2 Å². The number of aryl methyl sites for hydroxylation is 1. The molecule has 1 N–H and O–H groups in total. The minimum Gasteiger partial charge on any atom is -0.483 e. The van der Waals surface area contributed by atoms with Crippen LogP contribution in [0, 0.1) is 6.92 Å². The maximum atomic E-state index is 11.7. The van der Waals surface area contributed by atoms with Crippen LogP contribution in [-0.4, -0.2) is 18.7 Å². The lowest BCUT2D eigenvalue weighted by Crippen LogP contribution is -2.24. The van der Waals surface area contributed by atoms with Crippen molar-refractivity contribution >= 4 is 39.7 Å². The van der Waals surface area contributed by atoms with Crippen LogP contribution in [0.15, 0.2) is 52.0 Å². The molecule has 0 aliphatic carbocycles. The van der Waals surface area contributed by atoms with Gasteiger partial charge in [-0.3, -0.25) is 4.79 Å². The second-order valence-corrected chi connectivity index (χ2v) is 5.90. The molecule has 1 amide bonds. The van der Waals surface area contributed by atoms with Gasteiger partial charge in [0.2, 0.25) is 0 Å². The van der Waals surface area contributed by atoms with E-state index in [0.29, 0.717) is 10.8 Å². The van der Waals surface area contributed by atoms with Crippen molar-refractivity contribution < 1.29 is 9.53 Å². The molecule has 6 heteroatoms. The number of amides is 1. The van der Waals surface area contributed by atoms with Crippen molar-refractivity contribution in [3.8, 4) is 5.75 Å². The molecule has 0 fully saturated rings. The van der Waals surface area contributed by atoms with Crippen LogP contribution in [0.2, 0.25) is 5.02 Å². The Balaban J connectivity index is 1.81. The number of hydrogen-bond acceptors (Lipinski definition) is 3. The first-order valence-electron chi connectivity index (χ1n) is 6.51. The molecule has 0 aliphatic heterocycles. The Labute approximate surface area is 142 Å². The molecule has 0 saturated carbocycles. The third kappa shape index (κ3) is 5.16. The van der Waals surface area contributed by atoms with E-state index in [1.165, 1.54) is 0 Å². The minimum atomic E-state index is -0.331. The molecule has 0 aromatic heterocycles. The summed E-state index contributed by atoms with van der Waals surface area (Å²) in [5, 5.41) is 4.51. The highest BCUT2D eigenvalue weighted by atomic mass is 79.9. The van der Waals surface area contributed by atoms with Crippen LogP contribution < -0.4 is 10.2 Å². The van der Waals surface area contributed by atoms with Gasteiger partial charge in [0.15, 0.2) is 6.61 Å². The number of nitrogens with one attached hydrogen (secondary N) is 1. The molecule has 0 saturated heterocycles. The topological polar surface area (TPSA) is 50.7 Å². The van der Waals surface area contributed by atoms with Gasteiger partial charge in [0.1, 0.15) is 5.75 Å². The number of halogens is 2. The van der Waals surface area contributed by atoms with Crippen LogP contribution >= 0.6 is 27.5 Å². The lowest BCUT2D eigenvalue weighted by Gasteiger charge is -2.08. The van der Waals surface area contributed by atoms with Gasteiger partial charge in [-0.25, -0.2) is 5.43 Å². The number of benzene rings is 2. The predicted octanol–water partition coefficient (Wildman–Crippen LogP) is 3.94. The summed E-state index contributed by atoms with van der Waals surface area (Å²) < 4.78 is 6.41. The summed E-state index contributed by atoms with van der Waals surface area (Å²) in [6.07, 6.45) is 1.57. The maximum absolute atomic E-state index is 11.7. The van der Waals surface area contributed by atoms with Crippen molar-refractivity contribution in [1.82, 2.24) is 5.43 Å². The van der Waals surface area contributed by atoms with Crippen molar-refractivity contribution in [2.24, 2.45) is 5.10 Å². The fourth-order valence-electron chi connectivity index (χ4n) is 1.68. The number of ether oxygens (including phenoxy) is 1. The summed E-state index contributed by atoms with van der Waals surface area (Å²) in [6, 6.07) is 12.8. The Morgan fingerprint density at radius 1 is 1.32 bits per heavy atom. The van der Waals surface area contributed by atoms with Crippen LogP contribution in [0.5, 0.6) is 5.75 Å². The van der Waals surface area contributed by atoms with E-state index in [1.54, 1.807) is 24.4 Å². The van der Waals surface area contributed by atoms with Crippen molar-refractivity contribution in [2.75, 3.05) is 6.61 Å². The molecule has 2 aromatic rings. The van der Waals surface area contributed by atoms with Gasteiger partial charge in [0.25, 0.3) is 5.91 Å². The van der Waals surface area contributed by atoms with Crippen LogP contribution in [-0.2, 0) is 4.79 Å². The summed E-state index contributed by atoms with van der Waals surface area (Å²) in [7, 11) is 0. The Morgan fingerprint density at radius 3 is 2.73 bits per heavy atom. The Hall–Kier alpha value is -1.85. The zero-order valence-electron chi connectivity index (χ0n) is 11.8. The first kappa shape index (κ1) is 16.5.